The molecule has 8 aromatic rings. The zero-order valence-corrected chi connectivity index (χ0v) is 53.7. The molecule has 1 aliphatic rings. The molecule has 0 aliphatic carbocycles. The minimum atomic E-state index is -5.59. The van der Waals surface area contributed by atoms with Gasteiger partial charge in [-0.15, -0.1) is 47.0 Å². The zero-order chi connectivity index (χ0) is 66.6. The molecule has 0 spiro atoms. The van der Waals surface area contributed by atoms with Crippen molar-refractivity contribution in [3.63, 3.8) is 0 Å². The normalized spacial score (nSPS) is 12.3. The van der Waals surface area contributed by atoms with Crippen LogP contribution in [-0.2, 0) is 48.1 Å². The Morgan fingerprint density at radius 1 is 0.467 bits per heavy atom. The average Bonchev–Trinajstić information content (AvgIpc) is 0.724. The van der Waals surface area contributed by atoms with Gasteiger partial charge in [0, 0.05) is 19.4 Å². The molecule has 0 atom stereocenters. The Labute approximate surface area is 535 Å². The van der Waals surface area contributed by atoms with Crippen LogP contribution in [0.1, 0.15) is 138 Å². The Morgan fingerprint density at radius 3 is 1.06 bits per heavy atom. The van der Waals surface area contributed by atoms with Crippen molar-refractivity contribution in [1.82, 2.24) is 0 Å². The van der Waals surface area contributed by atoms with E-state index in [9.17, 15) is 44.6 Å². The quantitative estimate of drug-likeness (QED) is 0.0361. The van der Waals surface area contributed by atoms with Crippen molar-refractivity contribution in [1.29, 1.82) is 0 Å². The van der Waals surface area contributed by atoms with Crippen LogP contribution in [0.2, 0.25) is 0 Å². The summed E-state index contributed by atoms with van der Waals surface area (Å²) in [5.74, 6) is -44.3. The third-order valence-electron chi connectivity index (χ3n) is 14.6. The molecule has 0 radical (unpaired) electrons. The van der Waals surface area contributed by atoms with Crippen molar-refractivity contribution in [2.75, 3.05) is 13.2 Å². The van der Waals surface area contributed by atoms with E-state index in [0.717, 1.165) is 59.9 Å². The molecule has 0 saturated carbocycles. The average molecular weight is 1340 g/mol. The van der Waals surface area contributed by atoms with Crippen LogP contribution in [0.15, 0.2) is 126 Å². The van der Waals surface area contributed by atoms with E-state index >= 15 is 26.3 Å². The van der Waals surface area contributed by atoms with Gasteiger partial charge in [-0.3, -0.25) is 4.99 Å². The predicted molar refractivity (Wildman–Crippen MR) is 321 cm³/mol. The molecular weight excluding hydrogens is 1270 g/mol. The van der Waals surface area contributed by atoms with Gasteiger partial charge in [0.05, 0.1) is 5.69 Å². The minimum absolute atomic E-state index is 0. The first-order valence-electron chi connectivity index (χ1n) is 28.2. The third-order valence-corrected chi connectivity index (χ3v) is 14.6. The molecule has 1 heterocycles. The molecule has 9 rings (SSSR count). The number of hydrogen-bond acceptors (Lipinski definition) is 3. The van der Waals surface area contributed by atoms with Gasteiger partial charge >= 0.3 is 26.2 Å². The van der Waals surface area contributed by atoms with E-state index in [4.69, 9.17) is 9.73 Å². The van der Waals surface area contributed by atoms with Gasteiger partial charge in [0.15, 0.2) is 52.4 Å². The largest absolute Gasteiger partial charge is 4.00 e. The molecule has 1 fully saturated rings. The number of aliphatic imine (C=N–C) groups is 1. The molecule has 476 valence electrons. The minimum Gasteiger partial charge on any atom is -0.872 e. The van der Waals surface area contributed by atoms with Gasteiger partial charge in [-0.2, -0.15) is 49.2 Å². The van der Waals surface area contributed by atoms with Crippen molar-refractivity contribution < 1.29 is 102 Å². The number of benzene rings is 8. The Morgan fingerprint density at radius 2 is 0.789 bits per heavy atom. The SMILES string of the molecule is C1CCOC1.CC(C)c1cccc(C(C)C)c1N=Cc1cc(C(C)(C)C)cc(C(C)(C)C)c1[O-].Fc1c(F)c(F)c([B-](Cc2ccccc2)(c2c(F)c(F)c(F)c(F)c2F)c2c(F)c(F)c(F)c(F)c2F)c(F)c1F.[CH2-]c1ccccc1.[CH2-]c1ccccc1.[Zr+4]. The van der Waals surface area contributed by atoms with Crippen LogP contribution in [0.25, 0.3) is 0 Å². The molecule has 20 heteroatoms. The number of rotatable bonds is 9. The van der Waals surface area contributed by atoms with Gasteiger partial charge in [-0.05, 0) is 63.3 Å². The second kappa shape index (κ2) is 32.2. The second-order valence-electron chi connectivity index (χ2n) is 23.8. The van der Waals surface area contributed by atoms with Crippen molar-refractivity contribution in [3.8, 4) is 5.75 Å². The van der Waals surface area contributed by atoms with Gasteiger partial charge < -0.3 is 9.84 Å². The van der Waals surface area contributed by atoms with Crippen LogP contribution >= 0.6 is 0 Å². The maximum atomic E-state index is 15.3. The number of hydrogen-bond donors (Lipinski definition) is 0. The summed E-state index contributed by atoms with van der Waals surface area (Å²) < 4.78 is 225. The van der Waals surface area contributed by atoms with E-state index in [1.807, 2.05) is 66.7 Å². The number of halogens is 15. The van der Waals surface area contributed by atoms with Gasteiger partial charge in [0.25, 0.3) is 0 Å². The van der Waals surface area contributed by atoms with E-state index in [1.165, 1.54) is 35.6 Å². The first-order chi connectivity index (χ1) is 41.6. The van der Waals surface area contributed by atoms with Crippen LogP contribution in [0.5, 0.6) is 5.75 Å². The molecule has 0 aromatic heterocycles. The Kier molecular flexibility index (Phi) is 26.9. The fourth-order valence-electron chi connectivity index (χ4n) is 9.87. The zero-order valence-electron chi connectivity index (χ0n) is 51.2. The van der Waals surface area contributed by atoms with E-state index < -0.39 is 122 Å². The molecular formula is C70H67BF15NO2Zr. The standard InChI is InChI=1S/C27H39NO.C25H7BF15.2C7H7.C4H8O.Zr/c1-17(2)21-12-11-13-22(18(3)4)24(21)28-16-19-14-20(26(5,6)7)15-23(25(19)29)27(8,9)10;27-11-8(12(28)18(34)23(39)17(11)33)26(6-7-4-2-1-3-5-7,9-13(29)19(35)24(40)20(36)14(9)30)10-15(31)21(37)25(41)22(38)16(10)32;2*1-7-5-3-2-4-6-7;1-2-4-5-3-1;/h11-18,29H,1-10H3;1-5H,6H2;2*2-6H,1H2;1-4H2;/q;3*-1;;+4/p-1. The number of para-hydroxylation sites is 1. The predicted octanol–water partition coefficient (Wildman–Crippen LogP) is 17.9. The summed E-state index contributed by atoms with van der Waals surface area (Å²) in [6.07, 6.45) is -3.07. The van der Waals surface area contributed by atoms with Gasteiger partial charge in [-0.25, -0.2) is 65.9 Å². The van der Waals surface area contributed by atoms with Crippen LogP contribution < -0.4 is 21.5 Å². The summed E-state index contributed by atoms with van der Waals surface area (Å²) in [5.41, 5.74) is -0.428. The first-order valence-corrected chi connectivity index (χ1v) is 28.2. The van der Waals surface area contributed by atoms with Gasteiger partial charge in [-0.1, -0.05) is 153 Å². The van der Waals surface area contributed by atoms with Crippen LogP contribution in [0.3, 0.4) is 0 Å². The maximum Gasteiger partial charge on any atom is 4.00 e. The summed E-state index contributed by atoms with van der Waals surface area (Å²) in [7, 11) is 0. The summed E-state index contributed by atoms with van der Waals surface area (Å²) in [6.45, 7) is 31.1. The van der Waals surface area contributed by atoms with E-state index in [0.29, 0.717) is 17.4 Å². The molecule has 0 unspecified atom stereocenters. The molecule has 0 N–H and O–H groups in total. The van der Waals surface area contributed by atoms with Crippen LogP contribution in [-0.4, -0.2) is 25.6 Å². The van der Waals surface area contributed by atoms with E-state index in [-0.39, 0.29) is 42.8 Å². The Balaban J connectivity index is 0.000000301. The second-order valence-corrected chi connectivity index (χ2v) is 23.8. The smallest absolute Gasteiger partial charge is 0.872 e. The van der Waals surface area contributed by atoms with Crippen molar-refractivity contribution >= 4 is 34.4 Å². The monoisotopic (exact) mass is 1340 g/mol. The van der Waals surface area contributed by atoms with Crippen molar-refractivity contribution in [2.24, 2.45) is 4.99 Å². The van der Waals surface area contributed by atoms with Gasteiger partial charge in [0.2, 0.25) is 0 Å². The summed E-state index contributed by atoms with van der Waals surface area (Å²) in [6, 6.07) is 35.2. The molecule has 0 bridgehead atoms. The van der Waals surface area contributed by atoms with Crippen LogP contribution in [0.4, 0.5) is 71.5 Å². The van der Waals surface area contributed by atoms with Crippen molar-refractivity contribution in [2.45, 2.75) is 111 Å². The van der Waals surface area contributed by atoms with Crippen LogP contribution in [0, 0.1) is 101 Å². The maximum absolute atomic E-state index is 15.3. The number of nitrogens with zero attached hydrogens (tertiary/aromatic N) is 1. The number of ether oxygens (including phenoxy) is 1. The molecule has 1 saturated heterocycles. The topological polar surface area (TPSA) is 44.6 Å². The summed E-state index contributed by atoms with van der Waals surface area (Å²) >= 11 is 0. The fraction of sp³-hybridized carbons (Fsp3) is 0.271. The van der Waals surface area contributed by atoms with E-state index in [1.54, 1.807) is 6.21 Å². The molecule has 1 aliphatic heterocycles. The fourth-order valence-corrected chi connectivity index (χ4v) is 9.87. The Hall–Kier alpha value is -7.17. The molecule has 8 aromatic carbocycles. The third kappa shape index (κ3) is 17.4. The molecule has 90 heavy (non-hydrogen) atoms. The Bertz CT molecular complexity index is 3430. The summed E-state index contributed by atoms with van der Waals surface area (Å²) in [5, 5.41) is 13.3. The first kappa shape index (κ1) is 75.3. The van der Waals surface area contributed by atoms with Crippen molar-refractivity contribution in [3.05, 3.63) is 267 Å². The molecule has 3 nitrogen and oxygen atoms in total. The molecule has 0 amide bonds. The summed E-state index contributed by atoms with van der Waals surface area (Å²) in [4.78, 5) is 4.90. The van der Waals surface area contributed by atoms with E-state index in [2.05, 4.69) is 107 Å². The van der Waals surface area contributed by atoms with Gasteiger partial charge in [0.1, 0.15) is 41.0 Å².